The molecule has 0 atom stereocenters. The van der Waals surface area contributed by atoms with Gasteiger partial charge in [-0.15, -0.1) is 0 Å². The first-order valence-corrected chi connectivity index (χ1v) is 6.19. The van der Waals surface area contributed by atoms with Gasteiger partial charge in [0.1, 0.15) is 11.5 Å². The van der Waals surface area contributed by atoms with Crippen LogP contribution in [0, 0.1) is 10.1 Å². The van der Waals surface area contributed by atoms with Crippen LogP contribution in [0.15, 0.2) is 42.5 Å². The third kappa shape index (κ3) is 3.63. The average molecular weight is 303 g/mol. The molecule has 0 bridgehead atoms. The van der Waals surface area contributed by atoms with Crippen molar-refractivity contribution in [1.29, 1.82) is 0 Å². The number of carbonyl (C=O) groups excluding carboxylic acids is 1. The van der Waals surface area contributed by atoms with Crippen molar-refractivity contribution in [2.24, 2.45) is 0 Å². The molecule has 0 saturated heterocycles. The van der Waals surface area contributed by atoms with Gasteiger partial charge in [-0.3, -0.25) is 10.1 Å². The summed E-state index contributed by atoms with van der Waals surface area (Å²) in [6.07, 6.45) is 0. The third-order valence-corrected chi connectivity index (χ3v) is 2.77. The number of hydrogen-bond donors (Lipinski definition) is 3. The Morgan fingerprint density at radius 3 is 2.45 bits per heavy atom. The standard InChI is InChI=1S/C14H13N3O5/c1-22-13-8-10(17(20)21)4-7-12(13)16-14(19)15-9-2-5-11(18)6-3-9/h2-8,18H,1H3,(H2,15,16,19). The van der Waals surface area contributed by atoms with Gasteiger partial charge in [-0.05, 0) is 30.3 Å². The van der Waals surface area contributed by atoms with Crippen molar-refractivity contribution < 1.29 is 19.6 Å². The van der Waals surface area contributed by atoms with Gasteiger partial charge in [0.05, 0.1) is 23.8 Å². The zero-order valence-corrected chi connectivity index (χ0v) is 11.6. The van der Waals surface area contributed by atoms with E-state index in [-0.39, 0.29) is 17.2 Å². The summed E-state index contributed by atoms with van der Waals surface area (Å²) < 4.78 is 5.02. The molecule has 0 aliphatic carbocycles. The summed E-state index contributed by atoms with van der Waals surface area (Å²) in [4.78, 5) is 22.0. The maximum absolute atomic E-state index is 11.9. The van der Waals surface area contributed by atoms with Crippen molar-refractivity contribution in [3.63, 3.8) is 0 Å². The molecule has 0 aliphatic rings. The van der Waals surface area contributed by atoms with E-state index >= 15 is 0 Å². The number of urea groups is 1. The molecule has 0 fully saturated rings. The van der Waals surface area contributed by atoms with E-state index in [9.17, 15) is 14.9 Å². The van der Waals surface area contributed by atoms with Crippen LogP contribution in [0.5, 0.6) is 11.5 Å². The van der Waals surface area contributed by atoms with Crippen LogP contribution in [0.4, 0.5) is 21.9 Å². The van der Waals surface area contributed by atoms with Gasteiger partial charge in [0.15, 0.2) is 0 Å². The summed E-state index contributed by atoms with van der Waals surface area (Å²) in [6, 6.07) is 9.24. The van der Waals surface area contributed by atoms with Crippen LogP contribution in [0.1, 0.15) is 0 Å². The predicted octanol–water partition coefficient (Wildman–Crippen LogP) is 2.95. The van der Waals surface area contributed by atoms with Crippen LogP contribution in [-0.2, 0) is 0 Å². The molecule has 0 saturated carbocycles. The molecule has 0 heterocycles. The Morgan fingerprint density at radius 1 is 1.18 bits per heavy atom. The van der Waals surface area contributed by atoms with Gasteiger partial charge < -0.3 is 20.5 Å². The maximum atomic E-state index is 11.9. The van der Waals surface area contributed by atoms with Crippen molar-refractivity contribution in [2.45, 2.75) is 0 Å². The second-order valence-corrected chi connectivity index (χ2v) is 4.27. The van der Waals surface area contributed by atoms with Crippen molar-refractivity contribution in [2.75, 3.05) is 17.7 Å². The molecule has 0 unspecified atom stereocenters. The molecular formula is C14H13N3O5. The lowest BCUT2D eigenvalue weighted by Gasteiger charge is -2.11. The number of methoxy groups -OCH3 is 1. The summed E-state index contributed by atoms with van der Waals surface area (Å²) in [5, 5.41) is 25.0. The molecule has 0 spiro atoms. The smallest absolute Gasteiger partial charge is 0.323 e. The lowest BCUT2D eigenvalue weighted by Crippen LogP contribution is -2.19. The van der Waals surface area contributed by atoms with Crippen LogP contribution in [0.3, 0.4) is 0 Å². The SMILES string of the molecule is COc1cc([N+](=O)[O-])ccc1NC(=O)Nc1ccc(O)cc1. The lowest BCUT2D eigenvalue weighted by molar-refractivity contribution is -0.384. The van der Waals surface area contributed by atoms with Crippen molar-refractivity contribution >= 4 is 23.1 Å². The maximum Gasteiger partial charge on any atom is 0.323 e. The highest BCUT2D eigenvalue weighted by atomic mass is 16.6. The Balaban J connectivity index is 2.10. The highest BCUT2D eigenvalue weighted by Gasteiger charge is 2.13. The van der Waals surface area contributed by atoms with Gasteiger partial charge in [-0.1, -0.05) is 0 Å². The number of rotatable bonds is 4. The summed E-state index contributed by atoms with van der Waals surface area (Å²) >= 11 is 0. The van der Waals surface area contributed by atoms with Crippen LogP contribution in [0.25, 0.3) is 0 Å². The number of anilines is 2. The molecular weight excluding hydrogens is 290 g/mol. The molecule has 0 aromatic heterocycles. The van der Waals surface area contributed by atoms with E-state index in [0.29, 0.717) is 11.4 Å². The van der Waals surface area contributed by atoms with Gasteiger partial charge in [0.2, 0.25) is 0 Å². The van der Waals surface area contributed by atoms with E-state index in [1.807, 2.05) is 0 Å². The quantitative estimate of drug-likeness (QED) is 0.456. The Morgan fingerprint density at radius 2 is 1.86 bits per heavy atom. The number of nitro groups is 1. The number of benzene rings is 2. The number of hydrogen-bond acceptors (Lipinski definition) is 5. The number of non-ortho nitro benzene ring substituents is 1. The minimum atomic E-state index is -0.553. The zero-order valence-electron chi connectivity index (χ0n) is 11.6. The average Bonchev–Trinajstić information content (AvgIpc) is 2.49. The van der Waals surface area contributed by atoms with E-state index in [2.05, 4.69) is 10.6 Å². The van der Waals surface area contributed by atoms with Gasteiger partial charge >= 0.3 is 6.03 Å². The van der Waals surface area contributed by atoms with Gasteiger partial charge in [-0.2, -0.15) is 0 Å². The van der Waals surface area contributed by atoms with E-state index < -0.39 is 11.0 Å². The monoisotopic (exact) mass is 303 g/mol. The highest BCUT2D eigenvalue weighted by Crippen LogP contribution is 2.29. The zero-order chi connectivity index (χ0) is 16.1. The summed E-state index contributed by atoms with van der Waals surface area (Å²) in [7, 11) is 1.35. The Bertz CT molecular complexity index is 700. The number of carbonyl (C=O) groups is 1. The first-order chi connectivity index (χ1) is 10.5. The molecule has 22 heavy (non-hydrogen) atoms. The van der Waals surface area contributed by atoms with Crippen LogP contribution < -0.4 is 15.4 Å². The van der Waals surface area contributed by atoms with Crippen molar-refractivity contribution in [3.8, 4) is 11.5 Å². The summed E-state index contributed by atoms with van der Waals surface area (Å²) in [5.74, 6) is 0.262. The van der Waals surface area contributed by atoms with E-state index in [0.717, 1.165) is 0 Å². The molecule has 8 heteroatoms. The number of amides is 2. The second kappa shape index (κ2) is 6.44. The number of aromatic hydroxyl groups is 1. The van der Waals surface area contributed by atoms with Crippen LogP contribution in [0.2, 0.25) is 0 Å². The molecule has 2 aromatic rings. The lowest BCUT2D eigenvalue weighted by atomic mass is 10.2. The fraction of sp³-hybridized carbons (Fsp3) is 0.0714. The molecule has 0 radical (unpaired) electrons. The second-order valence-electron chi connectivity index (χ2n) is 4.27. The van der Waals surface area contributed by atoms with Gasteiger partial charge in [-0.25, -0.2) is 4.79 Å². The number of nitrogens with one attached hydrogen (secondary N) is 2. The minimum absolute atomic E-state index is 0.0861. The first kappa shape index (κ1) is 15.1. The molecule has 8 nitrogen and oxygen atoms in total. The number of nitrogens with zero attached hydrogens (tertiary/aromatic N) is 1. The summed E-state index contributed by atoms with van der Waals surface area (Å²) in [6.45, 7) is 0. The van der Waals surface area contributed by atoms with Crippen LogP contribution in [-0.4, -0.2) is 23.2 Å². The Hall–Kier alpha value is -3.29. The van der Waals surface area contributed by atoms with Gasteiger partial charge in [0, 0.05) is 11.8 Å². The number of ether oxygens (including phenoxy) is 1. The molecule has 2 amide bonds. The number of nitro benzene ring substituents is 1. The molecule has 2 rings (SSSR count). The van der Waals surface area contributed by atoms with E-state index in [1.54, 1.807) is 0 Å². The van der Waals surface area contributed by atoms with Gasteiger partial charge in [0.25, 0.3) is 5.69 Å². The number of phenolic OH excluding ortho intramolecular Hbond substituents is 1. The van der Waals surface area contributed by atoms with E-state index in [1.165, 1.54) is 49.6 Å². The Labute approximate surface area is 125 Å². The molecule has 114 valence electrons. The van der Waals surface area contributed by atoms with Crippen LogP contribution >= 0.6 is 0 Å². The van der Waals surface area contributed by atoms with Crippen molar-refractivity contribution in [3.05, 3.63) is 52.6 Å². The van der Waals surface area contributed by atoms with Crippen molar-refractivity contribution in [1.82, 2.24) is 0 Å². The fourth-order valence-electron chi connectivity index (χ4n) is 1.73. The topological polar surface area (TPSA) is 114 Å². The summed E-state index contributed by atoms with van der Waals surface area (Å²) in [5.41, 5.74) is 0.641. The third-order valence-electron chi connectivity index (χ3n) is 2.77. The Kier molecular flexibility index (Phi) is 4.42. The largest absolute Gasteiger partial charge is 0.508 e. The van der Waals surface area contributed by atoms with E-state index in [4.69, 9.17) is 9.84 Å². The fourth-order valence-corrected chi connectivity index (χ4v) is 1.73. The normalized spacial score (nSPS) is 9.86. The first-order valence-electron chi connectivity index (χ1n) is 6.19. The predicted molar refractivity (Wildman–Crippen MR) is 80.4 cm³/mol. The highest BCUT2D eigenvalue weighted by molar-refractivity contribution is 6.00. The number of phenols is 1. The molecule has 3 N–H and O–H groups in total. The molecule has 2 aromatic carbocycles. The molecule has 0 aliphatic heterocycles. The minimum Gasteiger partial charge on any atom is -0.508 e.